The third-order valence-electron chi connectivity index (χ3n) is 11.6. The number of fused-ring (bicyclic) bond motifs is 2. The van der Waals surface area contributed by atoms with E-state index in [9.17, 15) is 19.8 Å². The molecule has 8 rings (SSSR count). The van der Waals surface area contributed by atoms with Gasteiger partial charge in [0, 0.05) is 25.7 Å². The van der Waals surface area contributed by atoms with Gasteiger partial charge in [-0.2, -0.15) is 0 Å². The van der Waals surface area contributed by atoms with Gasteiger partial charge in [0.2, 0.25) is 11.8 Å². The molecule has 0 aromatic heterocycles. The summed E-state index contributed by atoms with van der Waals surface area (Å²) in [7, 11) is 0. The second-order valence-electron chi connectivity index (χ2n) is 16.2. The van der Waals surface area contributed by atoms with Gasteiger partial charge in [-0.15, -0.1) is 0 Å². The fraction of sp³-hybridized carbons (Fsp3) is 0.164. The van der Waals surface area contributed by atoms with E-state index >= 15 is 0 Å². The molecule has 0 radical (unpaired) electrons. The standard InChI is InChI=1S/C55H50N2O4/c58-50(56-52(48-31-29-44-25-13-15-27-46(44)33-48)54(60,36-40-17-5-1-6-18-40)37-41-19-7-2-8-20-41)35-51(59)57-53(49-32-30-45-26-14-16-28-47(45)34-49)55(61,38-42-21-9-3-10-22-42)39-43-23-11-4-12-24-43/h1-34,52-53,60-61H,35-39H2,(H,56,58)(H,57,59). The number of hydrogen-bond acceptors (Lipinski definition) is 4. The van der Waals surface area contributed by atoms with E-state index in [-0.39, 0.29) is 25.7 Å². The zero-order valence-corrected chi connectivity index (χ0v) is 34.0. The summed E-state index contributed by atoms with van der Waals surface area (Å²) in [6, 6.07) is 65.1. The molecule has 0 heterocycles. The number of aliphatic hydroxyl groups is 2. The van der Waals surface area contributed by atoms with Crippen LogP contribution in [0.1, 0.15) is 51.9 Å². The monoisotopic (exact) mass is 802 g/mol. The lowest BCUT2D eigenvalue weighted by molar-refractivity contribution is -0.133. The molecular weight excluding hydrogens is 753 g/mol. The Labute approximate surface area is 357 Å². The van der Waals surface area contributed by atoms with Gasteiger partial charge in [-0.05, 0) is 67.1 Å². The first kappa shape index (κ1) is 40.9. The van der Waals surface area contributed by atoms with Crippen molar-refractivity contribution in [2.45, 2.75) is 55.4 Å². The molecule has 4 N–H and O–H groups in total. The fourth-order valence-electron chi connectivity index (χ4n) is 8.73. The minimum atomic E-state index is -1.50. The van der Waals surface area contributed by atoms with Gasteiger partial charge in [0.05, 0.1) is 23.3 Å². The molecule has 2 unspecified atom stereocenters. The molecule has 0 saturated heterocycles. The van der Waals surface area contributed by atoms with Crippen molar-refractivity contribution in [2.24, 2.45) is 0 Å². The highest BCUT2D eigenvalue weighted by molar-refractivity contribution is 5.97. The second-order valence-corrected chi connectivity index (χ2v) is 16.2. The lowest BCUT2D eigenvalue weighted by atomic mass is 9.78. The Kier molecular flexibility index (Phi) is 12.5. The highest BCUT2D eigenvalue weighted by Gasteiger charge is 2.42. The number of amides is 2. The first-order valence-corrected chi connectivity index (χ1v) is 20.9. The fourth-order valence-corrected chi connectivity index (χ4v) is 8.73. The van der Waals surface area contributed by atoms with E-state index in [4.69, 9.17) is 0 Å². The van der Waals surface area contributed by atoms with Gasteiger partial charge in [0.1, 0.15) is 6.42 Å². The molecule has 2 atom stereocenters. The molecule has 0 spiro atoms. The maximum Gasteiger partial charge on any atom is 0.230 e. The van der Waals surface area contributed by atoms with Gasteiger partial charge in [-0.1, -0.05) is 194 Å². The molecule has 0 fully saturated rings. The molecule has 0 aliphatic carbocycles. The van der Waals surface area contributed by atoms with Crippen LogP contribution in [-0.4, -0.2) is 33.2 Å². The molecule has 0 aliphatic rings. The van der Waals surface area contributed by atoms with E-state index in [1.807, 2.05) is 206 Å². The Balaban J connectivity index is 1.14. The predicted octanol–water partition coefficient (Wildman–Crippen LogP) is 9.83. The van der Waals surface area contributed by atoms with Crippen molar-refractivity contribution in [1.82, 2.24) is 10.6 Å². The van der Waals surface area contributed by atoms with Crippen LogP contribution in [0.25, 0.3) is 21.5 Å². The Hall–Kier alpha value is -6.86. The average molecular weight is 803 g/mol. The van der Waals surface area contributed by atoms with Crippen LogP contribution in [0.2, 0.25) is 0 Å². The largest absolute Gasteiger partial charge is 0.387 e. The van der Waals surface area contributed by atoms with Gasteiger partial charge in [0.25, 0.3) is 0 Å². The highest BCUT2D eigenvalue weighted by Crippen LogP contribution is 2.37. The molecule has 0 bridgehead atoms. The molecule has 0 saturated carbocycles. The number of hydrogen-bond donors (Lipinski definition) is 4. The molecule has 8 aromatic rings. The maximum atomic E-state index is 14.4. The van der Waals surface area contributed by atoms with Gasteiger partial charge in [-0.3, -0.25) is 9.59 Å². The number of carbonyl (C=O) groups is 2. The van der Waals surface area contributed by atoms with Gasteiger partial charge in [0.15, 0.2) is 0 Å². The molecule has 8 aromatic carbocycles. The number of nitrogens with one attached hydrogen (secondary N) is 2. The van der Waals surface area contributed by atoms with Crippen LogP contribution in [-0.2, 0) is 35.3 Å². The third kappa shape index (κ3) is 10.1. The Morgan fingerprint density at radius 2 is 0.656 bits per heavy atom. The molecular formula is C55H50N2O4. The summed E-state index contributed by atoms with van der Waals surface area (Å²) in [5, 5.41) is 36.3. The lowest BCUT2D eigenvalue weighted by Crippen LogP contribution is -2.51. The van der Waals surface area contributed by atoms with Crippen molar-refractivity contribution in [3.8, 4) is 0 Å². The van der Waals surface area contributed by atoms with Crippen LogP contribution in [0.15, 0.2) is 206 Å². The van der Waals surface area contributed by atoms with Crippen LogP contribution < -0.4 is 10.6 Å². The summed E-state index contributed by atoms with van der Waals surface area (Å²) in [4.78, 5) is 28.9. The summed E-state index contributed by atoms with van der Waals surface area (Å²) in [5.41, 5.74) is 2.07. The zero-order chi connectivity index (χ0) is 42.1. The van der Waals surface area contributed by atoms with E-state index in [1.165, 1.54) is 0 Å². The topological polar surface area (TPSA) is 98.7 Å². The predicted molar refractivity (Wildman–Crippen MR) is 245 cm³/mol. The SMILES string of the molecule is O=C(CC(=O)NC(c1ccc2ccccc2c1)C(O)(Cc1ccccc1)Cc1ccccc1)NC(c1ccc2ccccc2c1)C(O)(Cc1ccccc1)Cc1ccccc1. The summed E-state index contributed by atoms with van der Waals surface area (Å²) < 4.78 is 0. The second kappa shape index (κ2) is 18.6. The van der Waals surface area contributed by atoms with Crippen molar-refractivity contribution in [3.05, 3.63) is 240 Å². The highest BCUT2D eigenvalue weighted by atomic mass is 16.3. The van der Waals surface area contributed by atoms with Crippen LogP contribution >= 0.6 is 0 Å². The summed E-state index contributed by atoms with van der Waals surface area (Å²) >= 11 is 0. The minimum Gasteiger partial charge on any atom is -0.387 e. The molecule has 61 heavy (non-hydrogen) atoms. The van der Waals surface area contributed by atoms with E-state index in [0.717, 1.165) is 54.9 Å². The first-order valence-electron chi connectivity index (χ1n) is 20.9. The smallest absolute Gasteiger partial charge is 0.230 e. The first-order chi connectivity index (χ1) is 29.7. The van der Waals surface area contributed by atoms with Crippen LogP contribution in [0.5, 0.6) is 0 Å². The quantitative estimate of drug-likeness (QED) is 0.0732. The summed E-state index contributed by atoms with van der Waals surface area (Å²) in [6.45, 7) is 0. The van der Waals surface area contributed by atoms with Crippen molar-refractivity contribution in [3.63, 3.8) is 0 Å². The lowest BCUT2D eigenvalue weighted by Gasteiger charge is -2.39. The minimum absolute atomic E-state index is 0.239. The number of benzene rings is 8. The summed E-state index contributed by atoms with van der Waals surface area (Å²) in [6.07, 6.45) is 0.421. The van der Waals surface area contributed by atoms with Gasteiger partial charge >= 0.3 is 0 Å². The van der Waals surface area contributed by atoms with E-state index in [2.05, 4.69) is 10.6 Å². The maximum absolute atomic E-state index is 14.4. The normalized spacial score (nSPS) is 12.8. The number of rotatable bonds is 16. The molecule has 2 amide bonds. The third-order valence-corrected chi connectivity index (χ3v) is 11.6. The number of carbonyl (C=O) groups excluding carboxylic acids is 2. The van der Waals surface area contributed by atoms with Gasteiger partial charge in [-0.25, -0.2) is 0 Å². The van der Waals surface area contributed by atoms with Crippen LogP contribution in [0.4, 0.5) is 0 Å². The van der Waals surface area contributed by atoms with Crippen molar-refractivity contribution in [1.29, 1.82) is 0 Å². The van der Waals surface area contributed by atoms with E-state index in [0.29, 0.717) is 0 Å². The van der Waals surface area contributed by atoms with E-state index < -0.39 is 41.5 Å². The Bertz CT molecular complexity index is 2430. The Morgan fingerprint density at radius 3 is 0.967 bits per heavy atom. The van der Waals surface area contributed by atoms with E-state index in [1.54, 1.807) is 0 Å². The van der Waals surface area contributed by atoms with Crippen molar-refractivity contribution < 1.29 is 19.8 Å². The zero-order valence-electron chi connectivity index (χ0n) is 34.0. The van der Waals surface area contributed by atoms with Crippen molar-refractivity contribution in [2.75, 3.05) is 0 Å². The molecule has 6 heteroatoms. The van der Waals surface area contributed by atoms with Crippen molar-refractivity contribution >= 4 is 33.4 Å². The van der Waals surface area contributed by atoms with Crippen LogP contribution in [0, 0.1) is 0 Å². The van der Waals surface area contributed by atoms with Gasteiger partial charge < -0.3 is 20.8 Å². The molecule has 0 aliphatic heterocycles. The Morgan fingerprint density at radius 1 is 0.377 bits per heavy atom. The molecule has 6 nitrogen and oxygen atoms in total. The molecule has 304 valence electrons. The average Bonchev–Trinajstić information content (AvgIpc) is 3.28. The van der Waals surface area contributed by atoms with Crippen LogP contribution in [0.3, 0.4) is 0 Å². The summed E-state index contributed by atoms with van der Waals surface area (Å²) in [5.74, 6) is -1.11.